The van der Waals surface area contributed by atoms with Crippen molar-refractivity contribution in [2.45, 2.75) is 76.8 Å². The van der Waals surface area contributed by atoms with E-state index in [1.165, 1.54) is 0 Å². The standard InChI is InChI=1S/C20H28O4/c1-10-5-6-11-7-8-12-14(19(11,2)3)17(23)15(16(12)22)20(4)18(24-20)13(21)9-10/h11,13,15-16,18,21-22H,1,5-9H2,2-4H3/t11-,13+,15+,16+,18-,20-/m1/s1. The fraction of sp³-hybridized carbons (Fsp3) is 0.750. The van der Waals surface area contributed by atoms with Crippen molar-refractivity contribution >= 4 is 5.78 Å². The summed E-state index contributed by atoms with van der Waals surface area (Å²) in [6.07, 6.45) is 2.35. The van der Waals surface area contributed by atoms with Crippen LogP contribution in [0.1, 0.15) is 52.9 Å². The van der Waals surface area contributed by atoms with Crippen LogP contribution in [0.25, 0.3) is 0 Å². The van der Waals surface area contributed by atoms with E-state index < -0.39 is 29.8 Å². The molecule has 0 unspecified atom stereocenters. The average Bonchev–Trinajstić information content (AvgIpc) is 3.08. The number of aliphatic hydroxyl groups excluding tert-OH is 2. The average molecular weight is 332 g/mol. The number of ketones is 1. The Labute approximate surface area is 143 Å². The Hall–Kier alpha value is -0.970. The molecule has 0 aromatic carbocycles. The van der Waals surface area contributed by atoms with Gasteiger partial charge < -0.3 is 14.9 Å². The lowest BCUT2D eigenvalue weighted by atomic mass is 9.63. The van der Waals surface area contributed by atoms with E-state index >= 15 is 0 Å². The molecule has 0 aromatic heterocycles. The van der Waals surface area contributed by atoms with Crippen LogP contribution >= 0.6 is 0 Å². The molecular formula is C20H28O4. The van der Waals surface area contributed by atoms with Crippen molar-refractivity contribution in [2.24, 2.45) is 17.3 Å². The number of hydrogen-bond donors (Lipinski definition) is 2. The minimum absolute atomic E-state index is 0.0452. The summed E-state index contributed by atoms with van der Waals surface area (Å²) in [5.74, 6) is -0.125. The topological polar surface area (TPSA) is 70.1 Å². The van der Waals surface area contributed by atoms with Gasteiger partial charge in [-0.05, 0) is 55.9 Å². The Kier molecular flexibility index (Phi) is 3.45. The second-order valence-electron chi connectivity index (χ2n) is 8.93. The number of rotatable bonds is 0. The molecule has 3 aliphatic carbocycles. The Morgan fingerprint density at radius 1 is 1.17 bits per heavy atom. The molecule has 1 aliphatic heterocycles. The van der Waals surface area contributed by atoms with Crippen molar-refractivity contribution in [1.29, 1.82) is 0 Å². The Bertz CT molecular complexity index is 646. The number of fused-ring (bicyclic) bond motifs is 4. The van der Waals surface area contributed by atoms with Crippen LogP contribution in [0.2, 0.25) is 0 Å². The second kappa shape index (κ2) is 5.03. The van der Waals surface area contributed by atoms with Crippen LogP contribution < -0.4 is 0 Å². The van der Waals surface area contributed by atoms with Crippen LogP contribution in [-0.4, -0.2) is 39.9 Å². The Morgan fingerprint density at radius 3 is 2.54 bits per heavy atom. The van der Waals surface area contributed by atoms with Gasteiger partial charge in [0.05, 0.1) is 18.1 Å². The molecule has 0 amide bonds. The van der Waals surface area contributed by atoms with Gasteiger partial charge in [-0.1, -0.05) is 26.0 Å². The van der Waals surface area contributed by atoms with Gasteiger partial charge in [0, 0.05) is 5.57 Å². The number of allylic oxidation sites excluding steroid dienone is 1. The first-order valence-electron chi connectivity index (χ1n) is 9.16. The van der Waals surface area contributed by atoms with E-state index in [0.29, 0.717) is 12.3 Å². The number of carbonyl (C=O) groups excluding carboxylic acids is 1. The van der Waals surface area contributed by atoms with Gasteiger partial charge in [0.15, 0.2) is 5.78 Å². The number of ether oxygens (including phenoxy) is 1. The van der Waals surface area contributed by atoms with Gasteiger partial charge in [0.1, 0.15) is 11.7 Å². The quantitative estimate of drug-likeness (QED) is 0.528. The lowest BCUT2D eigenvalue weighted by molar-refractivity contribution is -0.123. The fourth-order valence-electron chi connectivity index (χ4n) is 5.62. The number of aliphatic hydroxyl groups is 2. The van der Waals surface area contributed by atoms with Gasteiger partial charge in [-0.25, -0.2) is 0 Å². The maximum absolute atomic E-state index is 13.3. The zero-order valence-corrected chi connectivity index (χ0v) is 14.8. The van der Waals surface area contributed by atoms with Crippen molar-refractivity contribution in [1.82, 2.24) is 0 Å². The molecule has 132 valence electrons. The lowest BCUT2D eigenvalue weighted by Crippen LogP contribution is -2.40. The van der Waals surface area contributed by atoms with Crippen LogP contribution in [-0.2, 0) is 9.53 Å². The van der Waals surface area contributed by atoms with E-state index in [4.69, 9.17) is 4.74 Å². The molecule has 4 rings (SSSR count). The predicted molar refractivity (Wildman–Crippen MR) is 90.3 cm³/mol. The van der Waals surface area contributed by atoms with E-state index in [0.717, 1.165) is 42.4 Å². The number of hydrogen-bond acceptors (Lipinski definition) is 4. The molecule has 2 N–H and O–H groups in total. The highest BCUT2D eigenvalue weighted by molar-refractivity contribution is 6.04. The number of epoxide rings is 1. The van der Waals surface area contributed by atoms with Gasteiger partial charge in [-0.2, -0.15) is 0 Å². The first-order valence-corrected chi connectivity index (χ1v) is 9.16. The molecule has 1 saturated heterocycles. The van der Waals surface area contributed by atoms with Crippen LogP contribution in [0.5, 0.6) is 0 Å². The molecule has 3 bridgehead atoms. The number of Topliss-reactive ketones (excluding diaryl/α,β-unsaturated/α-hetero) is 1. The maximum Gasteiger partial charge on any atom is 0.168 e. The summed E-state index contributed by atoms with van der Waals surface area (Å²) in [6.45, 7) is 10.3. The molecule has 4 heteroatoms. The summed E-state index contributed by atoms with van der Waals surface area (Å²) in [5, 5.41) is 21.4. The molecular weight excluding hydrogens is 304 g/mol. The zero-order chi connectivity index (χ0) is 17.4. The second-order valence-corrected chi connectivity index (χ2v) is 8.93. The molecule has 0 radical (unpaired) electrons. The van der Waals surface area contributed by atoms with Crippen molar-refractivity contribution in [3.8, 4) is 0 Å². The molecule has 0 aromatic rings. The number of carbonyl (C=O) groups is 1. The highest BCUT2D eigenvalue weighted by Crippen LogP contribution is 2.58. The summed E-state index contributed by atoms with van der Waals surface area (Å²) in [7, 11) is 0. The minimum Gasteiger partial charge on any atom is -0.390 e. The molecule has 24 heavy (non-hydrogen) atoms. The summed E-state index contributed by atoms with van der Waals surface area (Å²) >= 11 is 0. The summed E-state index contributed by atoms with van der Waals surface area (Å²) in [6, 6.07) is 0. The van der Waals surface area contributed by atoms with Crippen LogP contribution in [0.4, 0.5) is 0 Å². The normalized spacial score (nSPS) is 47.3. The SMILES string of the molecule is C=C1CC[C@@H]2CCC3=C(C(=O)[C@H]([C@H]3O)[C@@]3(C)O[C@@H]3[C@@H](O)C1)C2(C)C. The zero-order valence-electron chi connectivity index (χ0n) is 14.8. The molecule has 1 heterocycles. The molecule has 2 fully saturated rings. The van der Waals surface area contributed by atoms with E-state index in [1.54, 1.807) is 0 Å². The van der Waals surface area contributed by atoms with Crippen molar-refractivity contribution in [2.75, 3.05) is 0 Å². The van der Waals surface area contributed by atoms with Gasteiger partial charge in [0.2, 0.25) is 0 Å². The summed E-state index contributed by atoms with van der Waals surface area (Å²) in [5.41, 5.74) is 1.83. The first kappa shape index (κ1) is 16.5. The van der Waals surface area contributed by atoms with Crippen LogP contribution in [0.3, 0.4) is 0 Å². The van der Waals surface area contributed by atoms with Gasteiger partial charge in [-0.3, -0.25) is 4.79 Å². The van der Waals surface area contributed by atoms with Crippen LogP contribution in [0, 0.1) is 17.3 Å². The fourth-order valence-corrected chi connectivity index (χ4v) is 5.62. The smallest absolute Gasteiger partial charge is 0.168 e. The summed E-state index contributed by atoms with van der Waals surface area (Å²) in [4.78, 5) is 13.3. The van der Waals surface area contributed by atoms with E-state index in [1.807, 2.05) is 6.92 Å². The monoisotopic (exact) mass is 332 g/mol. The van der Waals surface area contributed by atoms with Crippen LogP contribution in [0.15, 0.2) is 23.3 Å². The van der Waals surface area contributed by atoms with E-state index in [2.05, 4.69) is 20.4 Å². The highest BCUT2D eigenvalue weighted by atomic mass is 16.6. The molecule has 4 aliphatic rings. The van der Waals surface area contributed by atoms with E-state index in [9.17, 15) is 15.0 Å². The molecule has 6 atom stereocenters. The third-order valence-corrected chi connectivity index (χ3v) is 7.15. The van der Waals surface area contributed by atoms with Crippen molar-refractivity contribution in [3.63, 3.8) is 0 Å². The van der Waals surface area contributed by atoms with Gasteiger partial charge >= 0.3 is 0 Å². The summed E-state index contributed by atoms with van der Waals surface area (Å²) < 4.78 is 5.83. The lowest BCUT2D eigenvalue weighted by Gasteiger charge is -2.40. The third kappa shape index (κ3) is 2.06. The van der Waals surface area contributed by atoms with Crippen molar-refractivity contribution in [3.05, 3.63) is 23.3 Å². The Balaban J connectivity index is 1.79. The van der Waals surface area contributed by atoms with Gasteiger partial charge in [0.25, 0.3) is 0 Å². The van der Waals surface area contributed by atoms with E-state index in [-0.39, 0.29) is 11.2 Å². The maximum atomic E-state index is 13.3. The van der Waals surface area contributed by atoms with Crippen molar-refractivity contribution < 1.29 is 19.7 Å². The largest absolute Gasteiger partial charge is 0.390 e. The highest BCUT2D eigenvalue weighted by Gasteiger charge is 2.68. The Morgan fingerprint density at radius 2 is 1.83 bits per heavy atom. The predicted octanol–water partition coefficient (Wildman–Crippen LogP) is 2.54. The minimum atomic E-state index is -0.766. The van der Waals surface area contributed by atoms with Gasteiger partial charge in [-0.15, -0.1) is 0 Å². The third-order valence-electron chi connectivity index (χ3n) is 7.15. The molecule has 1 saturated carbocycles. The molecule has 0 spiro atoms. The first-order chi connectivity index (χ1) is 11.2. The molecule has 4 nitrogen and oxygen atoms in total.